The van der Waals surface area contributed by atoms with E-state index in [0.29, 0.717) is 6.54 Å². The van der Waals surface area contributed by atoms with E-state index in [0.717, 1.165) is 21.5 Å². The van der Waals surface area contributed by atoms with Crippen molar-refractivity contribution in [2.24, 2.45) is 0 Å². The van der Waals surface area contributed by atoms with E-state index in [9.17, 15) is 4.79 Å². The molecule has 0 aliphatic rings. The van der Waals surface area contributed by atoms with E-state index in [4.69, 9.17) is 9.84 Å². The van der Waals surface area contributed by atoms with Crippen molar-refractivity contribution in [2.45, 2.75) is 6.54 Å². The van der Waals surface area contributed by atoms with Gasteiger partial charge in [0.15, 0.2) is 0 Å². The number of anilines is 1. The molecule has 0 atom stereocenters. The maximum atomic E-state index is 10.9. The molecule has 0 unspecified atom stereocenters. The van der Waals surface area contributed by atoms with E-state index in [2.05, 4.69) is 21.2 Å². The number of hydrogen-bond donors (Lipinski definition) is 2. The first-order chi connectivity index (χ1) is 9.60. The Labute approximate surface area is 125 Å². The van der Waals surface area contributed by atoms with Crippen LogP contribution in [0.5, 0.6) is 5.75 Å². The lowest BCUT2D eigenvalue weighted by Gasteiger charge is -2.11. The van der Waals surface area contributed by atoms with Crippen LogP contribution in [0.2, 0.25) is 0 Å². The van der Waals surface area contributed by atoms with Gasteiger partial charge in [0, 0.05) is 22.3 Å². The summed E-state index contributed by atoms with van der Waals surface area (Å²) < 4.78 is 6.26. The lowest BCUT2D eigenvalue weighted by Crippen LogP contribution is -2.03. The highest BCUT2D eigenvalue weighted by Gasteiger charge is 2.06. The molecule has 2 aromatic rings. The van der Waals surface area contributed by atoms with Crippen molar-refractivity contribution in [2.75, 3.05) is 12.4 Å². The summed E-state index contributed by atoms with van der Waals surface area (Å²) in [5.41, 5.74) is 2.01. The number of methoxy groups -OCH3 is 1. The highest BCUT2D eigenvalue weighted by molar-refractivity contribution is 9.10. The quantitative estimate of drug-likeness (QED) is 0.873. The van der Waals surface area contributed by atoms with Gasteiger partial charge in [0.05, 0.1) is 12.7 Å². The number of carboxylic acid groups (broad SMARTS) is 1. The summed E-state index contributed by atoms with van der Waals surface area (Å²) in [7, 11) is 1.62. The molecule has 4 nitrogen and oxygen atoms in total. The number of aromatic carboxylic acids is 1. The van der Waals surface area contributed by atoms with Gasteiger partial charge in [-0.1, -0.05) is 22.0 Å². The summed E-state index contributed by atoms with van der Waals surface area (Å²) in [6.07, 6.45) is 0. The second kappa shape index (κ2) is 6.43. The summed E-state index contributed by atoms with van der Waals surface area (Å²) in [5, 5.41) is 12.2. The van der Waals surface area contributed by atoms with Crippen molar-refractivity contribution >= 4 is 27.6 Å². The van der Waals surface area contributed by atoms with E-state index in [1.807, 2.05) is 24.3 Å². The molecule has 0 fully saturated rings. The molecular weight excluding hydrogens is 322 g/mol. The summed E-state index contributed by atoms with van der Waals surface area (Å²) in [5.74, 6) is -0.149. The smallest absolute Gasteiger partial charge is 0.335 e. The predicted molar refractivity (Wildman–Crippen MR) is 81.4 cm³/mol. The highest BCUT2D eigenvalue weighted by Crippen LogP contribution is 2.24. The number of ether oxygens (including phenoxy) is 1. The van der Waals surface area contributed by atoms with Crippen LogP contribution in [-0.4, -0.2) is 18.2 Å². The molecule has 2 aromatic carbocycles. The first kappa shape index (κ1) is 14.4. The molecule has 104 valence electrons. The topological polar surface area (TPSA) is 58.6 Å². The van der Waals surface area contributed by atoms with E-state index in [1.165, 1.54) is 0 Å². The van der Waals surface area contributed by atoms with E-state index >= 15 is 0 Å². The van der Waals surface area contributed by atoms with Crippen LogP contribution < -0.4 is 10.1 Å². The monoisotopic (exact) mass is 335 g/mol. The second-order valence-electron chi connectivity index (χ2n) is 4.20. The Bertz CT molecular complexity index is 628. The summed E-state index contributed by atoms with van der Waals surface area (Å²) in [6.45, 7) is 0.547. The second-order valence-corrected chi connectivity index (χ2v) is 5.11. The molecule has 0 aliphatic heterocycles. The minimum Gasteiger partial charge on any atom is -0.496 e. The van der Waals surface area contributed by atoms with Gasteiger partial charge in [-0.05, 0) is 36.4 Å². The first-order valence-corrected chi connectivity index (χ1v) is 6.79. The number of nitrogens with one attached hydrogen (secondary N) is 1. The summed E-state index contributed by atoms with van der Waals surface area (Å²) >= 11 is 3.42. The van der Waals surface area contributed by atoms with Gasteiger partial charge in [-0.3, -0.25) is 0 Å². The van der Waals surface area contributed by atoms with Crippen LogP contribution in [0.15, 0.2) is 46.9 Å². The minimum atomic E-state index is -0.936. The van der Waals surface area contributed by atoms with Gasteiger partial charge in [-0.15, -0.1) is 0 Å². The molecule has 0 bridgehead atoms. The fraction of sp³-hybridized carbons (Fsp3) is 0.133. The van der Waals surface area contributed by atoms with Gasteiger partial charge in [0.2, 0.25) is 0 Å². The van der Waals surface area contributed by atoms with Crippen molar-refractivity contribution in [3.63, 3.8) is 0 Å². The van der Waals surface area contributed by atoms with Gasteiger partial charge in [0.25, 0.3) is 0 Å². The third-order valence-electron chi connectivity index (χ3n) is 2.83. The van der Waals surface area contributed by atoms with Gasteiger partial charge in [-0.25, -0.2) is 4.79 Å². The third kappa shape index (κ3) is 3.51. The van der Waals surface area contributed by atoms with Crippen LogP contribution >= 0.6 is 15.9 Å². The van der Waals surface area contributed by atoms with Crippen LogP contribution in [0, 0.1) is 0 Å². The Morgan fingerprint density at radius 2 is 2.10 bits per heavy atom. The maximum absolute atomic E-state index is 10.9. The number of benzene rings is 2. The molecule has 0 saturated carbocycles. The third-order valence-corrected chi connectivity index (χ3v) is 3.33. The fourth-order valence-corrected chi connectivity index (χ4v) is 2.25. The van der Waals surface area contributed by atoms with Crippen LogP contribution in [0.25, 0.3) is 0 Å². The van der Waals surface area contributed by atoms with E-state index in [1.54, 1.807) is 25.3 Å². The Morgan fingerprint density at radius 3 is 2.80 bits per heavy atom. The molecule has 20 heavy (non-hydrogen) atoms. The Morgan fingerprint density at radius 1 is 1.30 bits per heavy atom. The normalized spacial score (nSPS) is 10.1. The number of hydrogen-bond acceptors (Lipinski definition) is 3. The molecule has 0 aromatic heterocycles. The summed E-state index contributed by atoms with van der Waals surface area (Å²) in [4.78, 5) is 10.9. The number of carboxylic acids is 1. The minimum absolute atomic E-state index is 0.260. The average molecular weight is 336 g/mol. The molecule has 2 rings (SSSR count). The van der Waals surface area contributed by atoms with Crippen LogP contribution in [0.3, 0.4) is 0 Å². The largest absolute Gasteiger partial charge is 0.496 e. The van der Waals surface area contributed by atoms with Crippen LogP contribution in [0.1, 0.15) is 15.9 Å². The molecule has 2 N–H and O–H groups in total. The number of carbonyl (C=O) groups is 1. The Balaban J connectivity index is 2.14. The molecule has 0 amide bonds. The Hall–Kier alpha value is -2.01. The van der Waals surface area contributed by atoms with Crippen molar-refractivity contribution in [1.82, 2.24) is 0 Å². The lowest BCUT2D eigenvalue weighted by molar-refractivity contribution is 0.0697. The molecule has 0 heterocycles. The van der Waals surface area contributed by atoms with Gasteiger partial charge < -0.3 is 15.2 Å². The van der Waals surface area contributed by atoms with E-state index in [-0.39, 0.29) is 5.56 Å². The SMILES string of the molecule is COc1ccc(Br)cc1CNc1cccc(C(=O)O)c1. The molecule has 0 saturated heterocycles. The predicted octanol–water partition coefficient (Wildman–Crippen LogP) is 3.77. The van der Waals surface area contributed by atoms with Gasteiger partial charge in [0.1, 0.15) is 5.75 Å². The molecule has 0 radical (unpaired) electrons. The number of rotatable bonds is 5. The zero-order chi connectivity index (χ0) is 14.5. The summed E-state index contributed by atoms with van der Waals surface area (Å²) in [6, 6.07) is 12.5. The fourth-order valence-electron chi connectivity index (χ4n) is 1.84. The first-order valence-electron chi connectivity index (χ1n) is 6.00. The lowest BCUT2D eigenvalue weighted by atomic mass is 10.1. The molecule has 0 aliphatic carbocycles. The highest BCUT2D eigenvalue weighted by atomic mass is 79.9. The van der Waals surface area contributed by atoms with Crippen LogP contribution in [0.4, 0.5) is 5.69 Å². The Kier molecular flexibility index (Phi) is 4.63. The average Bonchev–Trinajstić information content (AvgIpc) is 2.45. The van der Waals surface area contributed by atoms with Gasteiger partial charge >= 0.3 is 5.97 Å². The molecule has 5 heteroatoms. The van der Waals surface area contributed by atoms with Gasteiger partial charge in [-0.2, -0.15) is 0 Å². The molecule has 0 spiro atoms. The van der Waals surface area contributed by atoms with Crippen molar-refractivity contribution < 1.29 is 14.6 Å². The van der Waals surface area contributed by atoms with Crippen molar-refractivity contribution in [3.05, 3.63) is 58.1 Å². The maximum Gasteiger partial charge on any atom is 0.335 e. The number of halogens is 1. The zero-order valence-electron chi connectivity index (χ0n) is 10.9. The molecular formula is C15H14BrNO3. The van der Waals surface area contributed by atoms with Crippen molar-refractivity contribution in [1.29, 1.82) is 0 Å². The van der Waals surface area contributed by atoms with Crippen LogP contribution in [-0.2, 0) is 6.54 Å². The van der Waals surface area contributed by atoms with Crippen molar-refractivity contribution in [3.8, 4) is 5.75 Å². The van der Waals surface area contributed by atoms with E-state index < -0.39 is 5.97 Å². The standard InChI is InChI=1S/C15H14BrNO3/c1-20-14-6-5-12(16)7-11(14)9-17-13-4-2-3-10(8-13)15(18)19/h2-8,17H,9H2,1H3,(H,18,19). The zero-order valence-corrected chi connectivity index (χ0v) is 12.5.